The predicted molar refractivity (Wildman–Crippen MR) is 75.3 cm³/mol. The Kier molecular flexibility index (Phi) is 3.13. The molecule has 7 nitrogen and oxygen atoms in total. The van der Waals surface area contributed by atoms with Crippen LogP contribution < -0.4 is 10.2 Å². The Bertz CT molecular complexity index is 722. The van der Waals surface area contributed by atoms with Crippen LogP contribution in [0.15, 0.2) is 24.4 Å². The van der Waals surface area contributed by atoms with Crippen molar-refractivity contribution in [2.45, 2.75) is 6.42 Å². The lowest BCUT2D eigenvalue weighted by molar-refractivity contribution is -0.384. The monoisotopic (exact) mass is 289 g/mol. The van der Waals surface area contributed by atoms with Crippen molar-refractivity contribution in [1.29, 1.82) is 0 Å². The molecule has 0 radical (unpaired) electrons. The van der Waals surface area contributed by atoms with E-state index in [2.05, 4.69) is 15.3 Å². The number of aromatic nitrogens is 2. The molecule has 0 atom stereocenters. The minimum absolute atomic E-state index is 0.170. The second-order valence-corrected chi connectivity index (χ2v) is 4.58. The Balaban J connectivity index is 2.14. The van der Waals surface area contributed by atoms with Gasteiger partial charge in [-0.3, -0.25) is 10.1 Å². The molecular formula is C13H12FN5O2. The fraction of sp³-hybridized carbons (Fsp3) is 0.231. The van der Waals surface area contributed by atoms with Crippen LogP contribution in [0, 0.1) is 15.9 Å². The van der Waals surface area contributed by atoms with E-state index in [0.29, 0.717) is 18.7 Å². The summed E-state index contributed by atoms with van der Waals surface area (Å²) < 4.78 is 13.4. The SMILES string of the molecule is CNc1ncc([N+](=O)[O-])c(N2CCc3ccc(F)cc32)n1. The first-order valence-corrected chi connectivity index (χ1v) is 6.35. The third-order valence-electron chi connectivity index (χ3n) is 3.37. The predicted octanol–water partition coefficient (Wildman–Crippen LogP) is 2.26. The molecule has 3 rings (SSSR count). The van der Waals surface area contributed by atoms with E-state index in [0.717, 1.165) is 11.8 Å². The highest BCUT2D eigenvalue weighted by Crippen LogP contribution is 2.38. The molecule has 8 heteroatoms. The Hall–Kier alpha value is -2.77. The van der Waals surface area contributed by atoms with Gasteiger partial charge in [-0.2, -0.15) is 4.98 Å². The zero-order valence-corrected chi connectivity index (χ0v) is 11.2. The average molecular weight is 289 g/mol. The number of halogens is 1. The zero-order valence-electron chi connectivity index (χ0n) is 11.2. The minimum Gasteiger partial charge on any atom is -0.357 e. The Morgan fingerprint density at radius 1 is 1.48 bits per heavy atom. The van der Waals surface area contributed by atoms with E-state index >= 15 is 0 Å². The third kappa shape index (κ3) is 2.24. The summed E-state index contributed by atoms with van der Waals surface area (Å²) in [7, 11) is 1.63. The number of nitrogens with zero attached hydrogens (tertiary/aromatic N) is 4. The van der Waals surface area contributed by atoms with Crippen molar-refractivity contribution in [1.82, 2.24) is 9.97 Å². The molecule has 0 amide bonds. The quantitative estimate of drug-likeness (QED) is 0.689. The number of fused-ring (bicyclic) bond motifs is 1. The third-order valence-corrected chi connectivity index (χ3v) is 3.37. The van der Waals surface area contributed by atoms with Crippen molar-refractivity contribution in [3.8, 4) is 0 Å². The highest BCUT2D eigenvalue weighted by molar-refractivity contribution is 5.73. The first-order chi connectivity index (χ1) is 10.1. The van der Waals surface area contributed by atoms with Crippen molar-refractivity contribution >= 4 is 23.1 Å². The summed E-state index contributed by atoms with van der Waals surface area (Å²) >= 11 is 0. The maximum atomic E-state index is 13.4. The van der Waals surface area contributed by atoms with Gasteiger partial charge in [0, 0.05) is 19.3 Å². The van der Waals surface area contributed by atoms with Crippen LogP contribution in [-0.4, -0.2) is 28.5 Å². The number of anilines is 3. The number of hydrogen-bond acceptors (Lipinski definition) is 6. The molecule has 0 aliphatic carbocycles. The van der Waals surface area contributed by atoms with Crippen molar-refractivity contribution in [2.24, 2.45) is 0 Å². The van der Waals surface area contributed by atoms with Gasteiger partial charge in [0.2, 0.25) is 11.8 Å². The van der Waals surface area contributed by atoms with Crippen molar-refractivity contribution < 1.29 is 9.31 Å². The molecular weight excluding hydrogens is 277 g/mol. The van der Waals surface area contributed by atoms with Crippen LogP contribution in [0.3, 0.4) is 0 Å². The van der Waals surface area contributed by atoms with E-state index < -0.39 is 4.92 Å². The maximum Gasteiger partial charge on any atom is 0.330 e. The number of nitrogens with one attached hydrogen (secondary N) is 1. The second-order valence-electron chi connectivity index (χ2n) is 4.58. The fourth-order valence-corrected chi connectivity index (χ4v) is 2.39. The standard InChI is InChI=1S/C13H12FN5O2/c1-15-13-16-7-11(19(20)21)12(17-13)18-5-4-8-2-3-9(14)6-10(8)18/h2-3,6-7H,4-5H2,1H3,(H,15,16,17). The van der Waals surface area contributed by atoms with Crippen LogP contribution in [-0.2, 0) is 6.42 Å². The van der Waals surface area contributed by atoms with Gasteiger partial charge in [0.15, 0.2) is 0 Å². The fourth-order valence-electron chi connectivity index (χ4n) is 2.39. The van der Waals surface area contributed by atoms with Gasteiger partial charge in [-0.25, -0.2) is 9.37 Å². The van der Waals surface area contributed by atoms with Crippen molar-refractivity contribution in [3.63, 3.8) is 0 Å². The van der Waals surface area contributed by atoms with Gasteiger partial charge in [-0.15, -0.1) is 0 Å². The van der Waals surface area contributed by atoms with Gasteiger partial charge in [-0.1, -0.05) is 6.07 Å². The summed E-state index contributed by atoms with van der Waals surface area (Å²) in [6, 6.07) is 4.44. The molecule has 0 saturated carbocycles. The normalized spacial score (nSPS) is 13.1. The number of nitro groups is 1. The molecule has 0 bridgehead atoms. The molecule has 2 aromatic rings. The Morgan fingerprint density at radius 3 is 3.00 bits per heavy atom. The molecule has 1 N–H and O–H groups in total. The van der Waals surface area contributed by atoms with Gasteiger partial charge in [0.05, 0.1) is 4.92 Å². The van der Waals surface area contributed by atoms with E-state index in [9.17, 15) is 14.5 Å². The first kappa shape index (κ1) is 13.2. The summed E-state index contributed by atoms with van der Waals surface area (Å²) in [5.41, 5.74) is 1.35. The second kappa shape index (κ2) is 4.97. The molecule has 1 aromatic carbocycles. The van der Waals surface area contributed by atoms with Crippen molar-refractivity contribution in [2.75, 3.05) is 23.8 Å². The molecule has 21 heavy (non-hydrogen) atoms. The molecule has 108 valence electrons. The molecule has 0 saturated heterocycles. The number of rotatable bonds is 3. The average Bonchev–Trinajstić information content (AvgIpc) is 2.89. The van der Waals surface area contributed by atoms with Gasteiger partial charge in [0.25, 0.3) is 0 Å². The number of benzene rings is 1. The van der Waals surface area contributed by atoms with Crippen LogP contribution in [0.4, 0.5) is 27.5 Å². The summed E-state index contributed by atoms with van der Waals surface area (Å²) in [4.78, 5) is 20.3. The maximum absolute atomic E-state index is 13.4. The summed E-state index contributed by atoms with van der Waals surface area (Å²) in [6.07, 6.45) is 1.84. The summed E-state index contributed by atoms with van der Waals surface area (Å²) in [5, 5.41) is 13.9. The van der Waals surface area contributed by atoms with Crippen LogP contribution >= 0.6 is 0 Å². The van der Waals surface area contributed by atoms with E-state index in [1.807, 2.05) is 0 Å². The van der Waals surface area contributed by atoms with Crippen LogP contribution in [0.1, 0.15) is 5.56 Å². The molecule has 0 fully saturated rings. The van der Waals surface area contributed by atoms with Crippen LogP contribution in [0.5, 0.6) is 0 Å². The van der Waals surface area contributed by atoms with E-state index in [1.165, 1.54) is 12.1 Å². The van der Waals surface area contributed by atoms with E-state index in [-0.39, 0.29) is 23.3 Å². The highest BCUT2D eigenvalue weighted by atomic mass is 19.1. The lowest BCUT2D eigenvalue weighted by Gasteiger charge is -2.18. The topological polar surface area (TPSA) is 84.2 Å². The first-order valence-electron chi connectivity index (χ1n) is 6.35. The van der Waals surface area contributed by atoms with Gasteiger partial charge in [-0.05, 0) is 24.1 Å². The smallest absolute Gasteiger partial charge is 0.330 e. The molecule has 0 unspecified atom stereocenters. The largest absolute Gasteiger partial charge is 0.357 e. The molecule has 2 heterocycles. The molecule has 0 spiro atoms. The Labute approximate surface area is 119 Å². The molecule has 1 aromatic heterocycles. The highest BCUT2D eigenvalue weighted by Gasteiger charge is 2.29. The van der Waals surface area contributed by atoms with Gasteiger partial charge < -0.3 is 10.2 Å². The van der Waals surface area contributed by atoms with Crippen molar-refractivity contribution in [3.05, 3.63) is 45.9 Å². The summed E-state index contributed by atoms with van der Waals surface area (Å²) in [6.45, 7) is 0.514. The van der Waals surface area contributed by atoms with Gasteiger partial charge >= 0.3 is 5.69 Å². The van der Waals surface area contributed by atoms with E-state index in [1.54, 1.807) is 18.0 Å². The molecule has 1 aliphatic rings. The van der Waals surface area contributed by atoms with Crippen LogP contribution in [0.2, 0.25) is 0 Å². The van der Waals surface area contributed by atoms with E-state index in [4.69, 9.17) is 0 Å². The number of hydrogen-bond donors (Lipinski definition) is 1. The lowest BCUT2D eigenvalue weighted by Crippen LogP contribution is -2.17. The lowest BCUT2D eigenvalue weighted by atomic mass is 10.2. The van der Waals surface area contributed by atoms with Crippen LogP contribution in [0.25, 0.3) is 0 Å². The molecule has 1 aliphatic heterocycles. The summed E-state index contributed by atoms with van der Waals surface area (Å²) in [5.74, 6) is 0.0651. The zero-order chi connectivity index (χ0) is 15.0. The minimum atomic E-state index is -0.536. The Morgan fingerprint density at radius 2 is 2.29 bits per heavy atom. The van der Waals surface area contributed by atoms with Gasteiger partial charge in [0.1, 0.15) is 12.0 Å².